The van der Waals surface area contributed by atoms with Gasteiger partial charge in [-0.15, -0.1) is 11.3 Å². The summed E-state index contributed by atoms with van der Waals surface area (Å²) in [6, 6.07) is 8.88. The Bertz CT molecular complexity index is 902. The minimum Gasteiger partial charge on any atom is -0.352 e. The molecule has 0 fully saturated rings. The lowest BCUT2D eigenvalue weighted by Crippen LogP contribution is -2.28. The van der Waals surface area contributed by atoms with Crippen LogP contribution in [0.2, 0.25) is 5.02 Å². The highest BCUT2D eigenvalue weighted by atomic mass is 79.9. The molecule has 0 saturated carbocycles. The molecule has 0 saturated heterocycles. The number of halogens is 2. The van der Waals surface area contributed by atoms with E-state index in [2.05, 4.69) is 26.2 Å². The molecular weight excluding hydrogens is 388 g/mol. The van der Waals surface area contributed by atoms with Gasteiger partial charge in [0.05, 0.1) is 9.17 Å². The van der Waals surface area contributed by atoms with E-state index in [0.717, 1.165) is 14.2 Å². The number of benzene rings is 1. The van der Waals surface area contributed by atoms with Crippen LogP contribution in [0, 0.1) is 0 Å². The van der Waals surface area contributed by atoms with Gasteiger partial charge in [0, 0.05) is 17.8 Å². The summed E-state index contributed by atoms with van der Waals surface area (Å²) in [5.41, 5.74) is 0.740. The Morgan fingerprint density at radius 2 is 2.05 bits per heavy atom. The van der Waals surface area contributed by atoms with E-state index >= 15 is 0 Å². The Kier molecular flexibility index (Phi) is 4.33. The van der Waals surface area contributed by atoms with E-state index in [1.165, 1.54) is 17.5 Å². The summed E-state index contributed by atoms with van der Waals surface area (Å²) >= 11 is 10.6. The van der Waals surface area contributed by atoms with Crippen LogP contribution in [0.1, 0.15) is 15.9 Å². The number of amides is 1. The van der Waals surface area contributed by atoms with Crippen LogP contribution < -0.4 is 10.7 Å². The molecule has 0 unspecified atom stereocenters. The minimum atomic E-state index is -0.402. The summed E-state index contributed by atoms with van der Waals surface area (Å²) in [4.78, 5) is 28.2. The summed E-state index contributed by atoms with van der Waals surface area (Å²) in [6.07, 6.45) is 1.45. The van der Waals surface area contributed by atoms with Gasteiger partial charge in [-0.2, -0.15) is 0 Å². The molecule has 1 aromatic carbocycles. The second-order valence-electron chi connectivity index (χ2n) is 4.63. The van der Waals surface area contributed by atoms with E-state index in [1.54, 1.807) is 18.2 Å². The predicted molar refractivity (Wildman–Crippen MR) is 92.8 cm³/mol. The third-order valence-electron chi connectivity index (χ3n) is 3.15. The van der Waals surface area contributed by atoms with Crippen molar-refractivity contribution in [3.05, 3.63) is 66.7 Å². The second-order valence-corrected chi connectivity index (χ2v) is 7.50. The van der Waals surface area contributed by atoms with Gasteiger partial charge in [0.15, 0.2) is 0 Å². The first-order chi connectivity index (χ1) is 10.5. The quantitative estimate of drug-likeness (QED) is 0.703. The number of aromatic nitrogens is 1. The molecule has 112 valence electrons. The maximum absolute atomic E-state index is 12.3. The number of H-pyrrole nitrogens is 1. The number of rotatable bonds is 3. The molecule has 22 heavy (non-hydrogen) atoms. The molecule has 0 spiro atoms. The SMILES string of the molecule is O=C(NCc1ccc(Cl)cc1)c1c[nH]c2sc(Br)cc2c1=O. The van der Waals surface area contributed by atoms with E-state index in [-0.39, 0.29) is 11.0 Å². The lowest BCUT2D eigenvalue weighted by Gasteiger charge is -2.05. The van der Waals surface area contributed by atoms with E-state index < -0.39 is 5.91 Å². The highest BCUT2D eigenvalue weighted by Gasteiger charge is 2.14. The third kappa shape index (κ3) is 3.09. The Morgan fingerprint density at radius 1 is 1.32 bits per heavy atom. The number of carbonyl (C=O) groups excluding carboxylic acids is 1. The van der Waals surface area contributed by atoms with Crippen molar-refractivity contribution in [3.63, 3.8) is 0 Å². The smallest absolute Gasteiger partial charge is 0.257 e. The molecule has 0 aliphatic heterocycles. The average Bonchev–Trinajstić information content (AvgIpc) is 2.88. The first-order valence-electron chi connectivity index (χ1n) is 6.38. The zero-order valence-corrected chi connectivity index (χ0v) is 14.3. The summed E-state index contributed by atoms with van der Waals surface area (Å²) < 4.78 is 0.842. The third-order valence-corrected chi connectivity index (χ3v) is 4.97. The van der Waals surface area contributed by atoms with Crippen molar-refractivity contribution in [1.29, 1.82) is 0 Å². The molecule has 2 aromatic heterocycles. The topological polar surface area (TPSA) is 62.0 Å². The summed E-state index contributed by atoms with van der Waals surface area (Å²) in [6.45, 7) is 0.334. The first kappa shape index (κ1) is 15.3. The van der Waals surface area contributed by atoms with Crippen molar-refractivity contribution in [2.45, 2.75) is 6.54 Å². The van der Waals surface area contributed by atoms with E-state index in [4.69, 9.17) is 11.6 Å². The van der Waals surface area contributed by atoms with Gasteiger partial charge in [-0.05, 0) is 39.7 Å². The van der Waals surface area contributed by atoms with E-state index in [1.807, 2.05) is 12.1 Å². The fourth-order valence-corrected chi connectivity index (χ4v) is 3.63. The number of fused-ring (bicyclic) bond motifs is 1. The maximum atomic E-state index is 12.3. The number of aromatic amines is 1. The van der Waals surface area contributed by atoms with Crippen LogP contribution in [-0.4, -0.2) is 10.9 Å². The van der Waals surface area contributed by atoms with Gasteiger partial charge < -0.3 is 10.3 Å². The van der Waals surface area contributed by atoms with Crippen molar-refractivity contribution >= 4 is 55.0 Å². The number of nitrogens with one attached hydrogen (secondary N) is 2. The molecule has 3 aromatic rings. The monoisotopic (exact) mass is 396 g/mol. The summed E-state index contributed by atoms with van der Waals surface area (Å²) in [7, 11) is 0. The van der Waals surface area contributed by atoms with E-state index in [9.17, 15) is 9.59 Å². The van der Waals surface area contributed by atoms with Gasteiger partial charge in [-0.3, -0.25) is 9.59 Å². The molecular formula is C15H10BrClN2O2S. The molecule has 0 bridgehead atoms. The fourth-order valence-electron chi connectivity index (χ4n) is 2.03. The van der Waals surface area contributed by atoms with Crippen molar-refractivity contribution in [2.24, 2.45) is 0 Å². The van der Waals surface area contributed by atoms with E-state index in [0.29, 0.717) is 17.0 Å². The highest BCUT2D eigenvalue weighted by molar-refractivity contribution is 9.11. The molecule has 2 heterocycles. The van der Waals surface area contributed by atoms with Gasteiger partial charge >= 0.3 is 0 Å². The van der Waals surface area contributed by atoms with Gasteiger partial charge in [0.25, 0.3) is 5.91 Å². The number of carbonyl (C=O) groups is 1. The van der Waals surface area contributed by atoms with Gasteiger partial charge in [-0.1, -0.05) is 23.7 Å². The van der Waals surface area contributed by atoms with Crippen molar-refractivity contribution in [1.82, 2.24) is 10.3 Å². The number of hydrogen-bond donors (Lipinski definition) is 2. The van der Waals surface area contributed by atoms with Crippen LogP contribution in [-0.2, 0) is 6.54 Å². The average molecular weight is 398 g/mol. The molecule has 7 heteroatoms. The Labute approximate surface area is 143 Å². The zero-order valence-electron chi connectivity index (χ0n) is 11.2. The summed E-state index contributed by atoms with van der Waals surface area (Å²) in [5.74, 6) is -0.402. The molecule has 3 rings (SSSR count). The molecule has 2 N–H and O–H groups in total. The molecule has 1 amide bonds. The lowest BCUT2D eigenvalue weighted by molar-refractivity contribution is 0.0949. The first-order valence-corrected chi connectivity index (χ1v) is 8.37. The highest BCUT2D eigenvalue weighted by Crippen LogP contribution is 2.26. The lowest BCUT2D eigenvalue weighted by atomic mass is 10.2. The second kappa shape index (κ2) is 6.24. The van der Waals surface area contributed by atoms with Gasteiger partial charge in [-0.25, -0.2) is 0 Å². The van der Waals surface area contributed by atoms with Gasteiger partial charge in [0.2, 0.25) is 5.43 Å². The molecule has 0 atom stereocenters. The van der Waals surface area contributed by atoms with Crippen molar-refractivity contribution < 1.29 is 4.79 Å². The predicted octanol–water partition coefficient (Wildman–Crippen LogP) is 3.94. The number of hydrogen-bond acceptors (Lipinski definition) is 3. The van der Waals surface area contributed by atoms with Crippen LogP contribution in [0.25, 0.3) is 10.2 Å². The molecule has 0 aliphatic rings. The van der Waals surface area contributed by atoms with Crippen LogP contribution in [0.4, 0.5) is 0 Å². The molecule has 4 nitrogen and oxygen atoms in total. The van der Waals surface area contributed by atoms with Crippen LogP contribution >= 0.6 is 38.9 Å². The maximum Gasteiger partial charge on any atom is 0.257 e. The standard InChI is InChI=1S/C15H10BrClN2O2S/c16-12-5-10-13(20)11(7-19-15(10)22-12)14(21)18-6-8-1-3-9(17)4-2-8/h1-5,7H,6H2,(H,18,21)(H,19,20). The van der Waals surface area contributed by atoms with Crippen LogP contribution in [0.3, 0.4) is 0 Å². The minimum absolute atomic E-state index is 0.103. The Hall–Kier alpha value is -1.63. The largest absolute Gasteiger partial charge is 0.352 e. The fraction of sp³-hybridized carbons (Fsp3) is 0.0667. The summed E-state index contributed by atoms with van der Waals surface area (Å²) in [5, 5.41) is 3.89. The Balaban J connectivity index is 1.81. The van der Waals surface area contributed by atoms with Crippen LogP contribution in [0.5, 0.6) is 0 Å². The number of pyridine rings is 1. The normalized spacial score (nSPS) is 10.8. The molecule has 0 aliphatic carbocycles. The van der Waals surface area contributed by atoms with Crippen molar-refractivity contribution in [2.75, 3.05) is 0 Å². The zero-order chi connectivity index (χ0) is 15.7. The van der Waals surface area contributed by atoms with Crippen molar-refractivity contribution in [3.8, 4) is 0 Å². The van der Waals surface area contributed by atoms with Gasteiger partial charge in [0.1, 0.15) is 10.4 Å². The van der Waals surface area contributed by atoms with Crippen LogP contribution in [0.15, 0.2) is 45.1 Å². The molecule has 0 radical (unpaired) electrons. The number of thiophene rings is 1. The Morgan fingerprint density at radius 3 is 2.77 bits per heavy atom.